The van der Waals surface area contributed by atoms with Crippen LogP contribution < -0.4 is 5.32 Å². The minimum Gasteiger partial charge on any atom is -0.481 e. The van der Waals surface area contributed by atoms with Crippen molar-refractivity contribution in [2.75, 3.05) is 19.6 Å². The molecular formula is C14H26N2O3. The van der Waals surface area contributed by atoms with E-state index in [1.54, 1.807) is 0 Å². The normalized spacial score (nSPS) is 16.2. The third-order valence-corrected chi connectivity index (χ3v) is 3.51. The second kappa shape index (κ2) is 8.15. The van der Waals surface area contributed by atoms with Gasteiger partial charge >= 0.3 is 5.97 Å². The summed E-state index contributed by atoms with van der Waals surface area (Å²) in [4.78, 5) is 24.6. The number of amides is 1. The Morgan fingerprint density at radius 3 is 2.47 bits per heavy atom. The summed E-state index contributed by atoms with van der Waals surface area (Å²) in [6.45, 7) is 5.58. The minimum atomic E-state index is -0.800. The minimum absolute atomic E-state index is 0.00555. The van der Waals surface area contributed by atoms with Crippen LogP contribution in [-0.4, -0.2) is 47.6 Å². The van der Waals surface area contributed by atoms with Gasteiger partial charge in [-0.1, -0.05) is 26.7 Å². The van der Waals surface area contributed by atoms with Crippen molar-refractivity contribution in [1.82, 2.24) is 10.2 Å². The first-order chi connectivity index (χ1) is 8.99. The van der Waals surface area contributed by atoms with Gasteiger partial charge in [0.05, 0.1) is 13.0 Å². The predicted molar refractivity (Wildman–Crippen MR) is 73.9 cm³/mol. The molecule has 1 aliphatic carbocycles. The molecule has 0 aromatic rings. The van der Waals surface area contributed by atoms with E-state index in [-0.39, 0.29) is 12.3 Å². The molecule has 5 heteroatoms. The summed E-state index contributed by atoms with van der Waals surface area (Å²) in [5.41, 5.74) is 0. The maximum Gasteiger partial charge on any atom is 0.304 e. The van der Waals surface area contributed by atoms with Crippen molar-refractivity contribution in [3.63, 3.8) is 0 Å². The lowest BCUT2D eigenvalue weighted by molar-refractivity contribution is -0.138. The van der Waals surface area contributed by atoms with E-state index in [0.29, 0.717) is 31.6 Å². The lowest BCUT2D eigenvalue weighted by Crippen LogP contribution is -2.43. The Balaban J connectivity index is 2.43. The lowest BCUT2D eigenvalue weighted by atomic mass is 10.2. The molecule has 0 atom stereocenters. The Bertz CT molecular complexity index is 299. The average Bonchev–Trinajstić information content (AvgIpc) is 2.85. The summed E-state index contributed by atoms with van der Waals surface area (Å²) in [6.07, 6.45) is 4.63. The summed E-state index contributed by atoms with van der Waals surface area (Å²) >= 11 is 0. The second-order valence-electron chi connectivity index (χ2n) is 5.75. The topological polar surface area (TPSA) is 69.6 Å². The number of aliphatic carboxylic acids is 1. The molecule has 1 rings (SSSR count). The molecule has 0 bridgehead atoms. The van der Waals surface area contributed by atoms with E-state index < -0.39 is 5.97 Å². The summed E-state index contributed by atoms with van der Waals surface area (Å²) < 4.78 is 0. The molecule has 0 aliphatic heterocycles. The molecule has 1 aliphatic rings. The fraction of sp³-hybridized carbons (Fsp3) is 0.857. The van der Waals surface area contributed by atoms with Gasteiger partial charge in [-0.15, -0.1) is 0 Å². The molecule has 1 amide bonds. The van der Waals surface area contributed by atoms with Gasteiger partial charge in [-0.25, -0.2) is 0 Å². The highest BCUT2D eigenvalue weighted by Gasteiger charge is 2.24. The first-order valence-electron chi connectivity index (χ1n) is 7.21. The molecule has 110 valence electrons. The van der Waals surface area contributed by atoms with Gasteiger partial charge < -0.3 is 10.4 Å². The van der Waals surface area contributed by atoms with E-state index in [2.05, 4.69) is 19.2 Å². The van der Waals surface area contributed by atoms with Crippen molar-refractivity contribution in [3.05, 3.63) is 0 Å². The van der Waals surface area contributed by atoms with E-state index in [4.69, 9.17) is 5.11 Å². The Hall–Kier alpha value is -1.10. The Morgan fingerprint density at radius 2 is 1.95 bits per heavy atom. The number of nitrogens with zero attached hydrogens (tertiary/aromatic N) is 1. The first kappa shape index (κ1) is 16.0. The Morgan fingerprint density at radius 1 is 1.32 bits per heavy atom. The zero-order chi connectivity index (χ0) is 14.3. The van der Waals surface area contributed by atoms with Crippen LogP contribution in [0, 0.1) is 5.92 Å². The van der Waals surface area contributed by atoms with Gasteiger partial charge in [-0.2, -0.15) is 0 Å². The van der Waals surface area contributed by atoms with Gasteiger partial charge in [0.2, 0.25) is 5.91 Å². The van der Waals surface area contributed by atoms with Crippen LogP contribution in [0.4, 0.5) is 0 Å². The van der Waals surface area contributed by atoms with Gasteiger partial charge in [0.25, 0.3) is 0 Å². The number of hydrogen-bond donors (Lipinski definition) is 2. The van der Waals surface area contributed by atoms with Crippen molar-refractivity contribution in [3.8, 4) is 0 Å². The SMILES string of the molecule is CC(C)CNC(=O)CN(CCC(=O)O)C1CCCC1. The smallest absolute Gasteiger partial charge is 0.304 e. The van der Waals surface area contributed by atoms with Crippen molar-refractivity contribution in [2.45, 2.75) is 52.0 Å². The van der Waals surface area contributed by atoms with E-state index >= 15 is 0 Å². The zero-order valence-corrected chi connectivity index (χ0v) is 12.0. The molecule has 0 spiro atoms. The largest absolute Gasteiger partial charge is 0.481 e. The summed E-state index contributed by atoms with van der Waals surface area (Å²) in [7, 11) is 0. The molecule has 5 nitrogen and oxygen atoms in total. The molecule has 2 N–H and O–H groups in total. The van der Waals surface area contributed by atoms with Crippen molar-refractivity contribution in [1.29, 1.82) is 0 Å². The molecule has 0 aromatic carbocycles. The molecule has 0 unspecified atom stereocenters. The van der Waals surface area contributed by atoms with E-state index in [0.717, 1.165) is 12.8 Å². The number of rotatable bonds is 8. The summed E-state index contributed by atoms with van der Waals surface area (Å²) in [5.74, 6) is -0.362. The molecule has 1 fully saturated rings. The van der Waals surface area contributed by atoms with E-state index in [1.807, 2.05) is 4.90 Å². The fourth-order valence-corrected chi connectivity index (χ4v) is 2.46. The molecule has 0 radical (unpaired) electrons. The molecule has 1 saturated carbocycles. The van der Waals surface area contributed by atoms with Crippen LogP contribution in [-0.2, 0) is 9.59 Å². The van der Waals surface area contributed by atoms with Crippen LogP contribution in [0.25, 0.3) is 0 Å². The van der Waals surface area contributed by atoms with Crippen LogP contribution in [0.1, 0.15) is 46.0 Å². The first-order valence-corrected chi connectivity index (χ1v) is 7.21. The van der Waals surface area contributed by atoms with Gasteiger partial charge in [0.1, 0.15) is 0 Å². The highest BCUT2D eigenvalue weighted by Crippen LogP contribution is 2.23. The van der Waals surface area contributed by atoms with Crippen LogP contribution in [0.2, 0.25) is 0 Å². The number of carbonyl (C=O) groups is 2. The third kappa shape index (κ3) is 6.57. The van der Waals surface area contributed by atoms with Crippen LogP contribution in [0.5, 0.6) is 0 Å². The average molecular weight is 270 g/mol. The van der Waals surface area contributed by atoms with Crippen molar-refractivity contribution < 1.29 is 14.7 Å². The zero-order valence-electron chi connectivity index (χ0n) is 12.0. The molecule has 0 heterocycles. The molecule has 19 heavy (non-hydrogen) atoms. The van der Waals surface area contributed by atoms with E-state index in [1.165, 1.54) is 12.8 Å². The van der Waals surface area contributed by atoms with Crippen molar-refractivity contribution in [2.24, 2.45) is 5.92 Å². The second-order valence-corrected chi connectivity index (χ2v) is 5.75. The van der Waals surface area contributed by atoms with E-state index in [9.17, 15) is 9.59 Å². The van der Waals surface area contributed by atoms with Gasteiger partial charge in [0, 0.05) is 19.1 Å². The lowest BCUT2D eigenvalue weighted by Gasteiger charge is -2.27. The van der Waals surface area contributed by atoms with Crippen LogP contribution >= 0.6 is 0 Å². The number of carboxylic acids is 1. The maximum atomic E-state index is 11.9. The maximum absolute atomic E-state index is 11.9. The number of carboxylic acid groups (broad SMARTS) is 1. The number of nitrogens with one attached hydrogen (secondary N) is 1. The monoisotopic (exact) mass is 270 g/mol. The highest BCUT2D eigenvalue weighted by molar-refractivity contribution is 5.78. The van der Waals surface area contributed by atoms with Crippen LogP contribution in [0.15, 0.2) is 0 Å². The van der Waals surface area contributed by atoms with Crippen molar-refractivity contribution >= 4 is 11.9 Å². The fourth-order valence-electron chi connectivity index (χ4n) is 2.46. The number of hydrogen-bond acceptors (Lipinski definition) is 3. The highest BCUT2D eigenvalue weighted by atomic mass is 16.4. The van der Waals surface area contributed by atoms with Gasteiger partial charge in [-0.3, -0.25) is 14.5 Å². The molecule has 0 aromatic heterocycles. The summed E-state index contributed by atoms with van der Waals surface area (Å²) in [5, 5.41) is 11.7. The predicted octanol–water partition coefficient (Wildman–Crippen LogP) is 1.48. The standard InChI is InChI=1S/C14H26N2O3/c1-11(2)9-15-13(17)10-16(8-7-14(18)19)12-5-3-4-6-12/h11-12H,3-10H2,1-2H3,(H,15,17)(H,18,19). The van der Waals surface area contributed by atoms with Gasteiger partial charge in [-0.05, 0) is 18.8 Å². The third-order valence-electron chi connectivity index (χ3n) is 3.51. The number of carbonyl (C=O) groups excluding carboxylic acids is 1. The summed E-state index contributed by atoms with van der Waals surface area (Å²) in [6, 6.07) is 0.379. The Labute approximate surface area is 115 Å². The van der Waals surface area contributed by atoms with Gasteiger partial charge in [0.15, 0.2) is 0 Å². The quantitative estimate of drug-likeness (QED) is 0.701. The molecular weight excluding hydrogens is 244 g/mol. The Kier molecular flexibility index (Phi) is 6.84. The molecule has 0 saturated heterocycles. The van der Waals surface area contributed by atoms with Crippen LogP contribution in [0.3, 0.4) is 0 Å².